The molecule has 0 fully saturated rings. The van der Waals surface area contributed by atoms with Crippen molar-refractivity contribution in [2.24, 2.45) is 12.0 Å². The molecule has 0 amide bonds. The van der Waals surface area contributed by atoms with Crippen LogP contribution in [0.15, 0.2) is 11.1 Å². The van der Waals surface area contributed by atoms with Gasteiger partial charge in [0.1, 0.15) is 5.15 Å². The van der Waals surface area contributed by atoms with Crippen molar-refractivity contribution in [2.75, 3.05) is 13.6 Å². The molecule has 0 unspecified atom stereocenters. The van der Waals surface area contributed by atoms with Gasteiger partial charge in [0.15, 0.2) is 5.96 Å². The first-order chi connectivity index (χ1) is 8.10. The summed E-state index contributed by atoms with van der Waals surface area (Å²) in [6.07, 6.45) is 1.06. The third kappa shape index (κ3) is 3.82. The molecule has 17 heavy (non-hydrogen) atoms. The Kier molecular flexibility index (Phi) is 5.65. The molecule has 0 bridgehead atoms. The maximum atomic E-state index is 5.99. The summed E-state index contributed by atoms with van der Waals surface area (Å²) in [5.41, 5.74) is 1.01. The average molecular weight is 277 g/mol. The smallest absolute Gasteiger partial charge is 0.191 e. The van der Waals surface area contributed by atoms with Gasteiger partial charge in [0, 0.05) is 26.3 Å². The standard InChI is InChI=1S/C11H18Cl2N4/c1-4-5-15-11(14-2)16-7-8-6-9(12)10(13)17(8)3/h6H,4-5,7H2,1-3H3,(H2,14,15,16). The number of aliphatic imine (C=N–C) groups is 1. The van der Waals surface area contributed by atoms with Crippen LogP contribution in [-0.2, 0) is 13.6 Å². The van der Waals surface area contributed by atoms with E-state index in [1.165, 1.54) is 0 Å². The molecule has 1 aromatic rings. The van der Waals surface area contributed by atoms with Crippen molar-refractivity contribution in [3.05, 3.63) is 21.9 Å². The van der Waals surface area contributed by atoms with Gasteiger partial charge in [-0.1, -0.05) is 30.1 Å². The van der Waals surface area contributed by atoms with Gasteiger partial charge in [-0.15, -0.1) is 0 Å². The van der Waals surface area contributed by atoms with Gasteiger partial charge < -0.3 is 15.2 Å². The molecule has 0 saturated carbocycles. The lowest BCUT2D eigenvalue weighted by Gasteiger charge is -2.11. The Hall–Kier alpha value is -0.870. The van der Waals surface area contributed by atoms with Gasteiger partial charge in [0.2, 0.25) is 0 Å². The monoisotopic (exact) mass is 276 g/mol. The highest BCUT2D eigenvalue weighted by Gasteiger charge is 2.08. The van der Waals surface area contributed by atoms with E-state index in [0.717, 1.165) is 24.6 Å². The maximum Gasteiger partial charge on any atom is 0.191 e. The van der Waals surface area contributed by atoms with Crippen molar-refractivity contribution in [1.29, 1.82) is 0 Å². The predicted octanol–water partition coefficient (Wildman–Crippen LogP) is 2.41. The summed E-state index contributed by atoms with van der Waals surface area (Å²) in [6, 6.07) is 1.85. The maximum absolute atomic E-state index is 5.99. The number of guanidine groups is 1. The second-order valence-corrected chi connectivity index (χ2v) is 4.45. The molecule has 0 atom stereocenters. The van der Waals surface area contributed by atoms with Crippen LogP contribution in [-0.4, -0.2) is 24.1 Å². The fourth-order valence-corrected chi connectivity index (χ4v) is 1.81. The summed E-state index contributed by atoms with van der Waals surface area (Å²) < 4.78 is 1.85. The van der Waals surface area contributed by atoms with Crippen molar-refractivity contribution in [2.45, 2.75) is 19.9 Å². The van der Waals surface area contributed by atoms with Crippen LogP contribution in [0.25, 0.3) is 0 Å². The minimum absolute atomic E-state index is 0.556. The van der Waals surface area contributed by atoms with E-state index in [1.807, 2.05) is 17.7 Å². The molecule has 0 saturated heterocycles. The Morgan fingerprint density at radius 2 is 2.12 bits per heavy atom. The van der Waals surface area contributed by atoms with Crippen molar-refractivity contribution in [3.63, 3.8) is 0 Å². The lowest BCUT2D eigenvalue weighted by molar-refractivity contribution is 0.742. The van der Waals surface area contributed by atoms with Gasteiger partial charge in [-0.25, -0.2) is 0 Å². The predicted molar refractivity (Wildman–Crippen MR) is 73.9 cm³/mol. The molecule has 6 heteroatoms. The zero-order valence-electron chi connectivity index (χ0n) is 10.3. The highest BCUT2D eigenvalue weighted by atomic mass is 35.5. The first-order valence-corrected chi connectivity index (χ1v) is 6.29. The van der Waals surface area contributed by atoms with Crippen LogP contribution in [0.1, 0.15) is 19.0 Å². The quantitative estimate of drug-likeness (QED) is 0.655. The molecule has 96 valence electrons. The summed E-state index contributed by atoms with van der Waals surface area (Å²) in [6.45, 7) is 3.64. The van der Waals surface area contributed by atoms with Crippen molar-refractivity contribution < 1.29 is 0 Å². The molecule has 2 N–H and O–H groups in total. The first-order valence-electron chi connectivity index (χ1n) is 5.54. The topological polar surface area (TPSA) is 41.4 Å². The van der Waals surface area contributed by atoms with Crippen LogP contribution in [0.3, 0.4) is 0 Å². The number of hydrogen-bond acceptors (Lipinski definition) is 1. The number of hydrogen-bond donors (Lipinski definition) is 2. The molecule has 1 rings (SSSR count). The summed E-state index contributed by atoms with van der Waals surface area (Å²) in [5, 5.41) is 7.52. The van der Waals surface area contributed by atoms with E-state index >= 15 is 0 Å². The Morgan fingerprint density at radius 3 is 2.59 bits per heavy atom. The molecular formula is C11H18Cl2N4. The second-order valence-electron chi connectivity index (χ2n) is 3.69. The fraction of sp³-hybridized carbons (Fsp3) is 0.545. The van der Waals surface area contributed by atoms with Crippen molar-refractivity contribution >= 4 is 29.2 Å². The van der Waals surface area contributed by atoms with E-state index in [-0.39, 0.29) is 0 Å². The number of nitrogens with one attached hydrogen (secondary N) is 2. The van der Waals surface area contributed by atoms with E-state index in [9.17, 15) is 0 Å². The van der Waals surface area contributed by atoms with Crippen LogP contribution in [0.2, 0.25) is 10.2 Å². The Bertz CT molecular complexity index is 398. The molecule has 0 aliphatic heterocycles. The Morgan fingerprint density at radius 1 is 1.41 bits per heavy atom. The number of nitrogens with zero attached hydrogens (tertiary/aromatic N) is 2. The van der Waals surface area contributed by atoms with Gasteiger partial charge in [0.25, 0.3) is 0 Å². The highest BCUT2D eigenvalue weighted by Crippen LogP contribution is 2.24. The fourth-order valence-electron chi connectivity index (χ4n) is 1.40. The van der Waals surface area contributed by atoms with Gasteiger partial charge in [-0.2, -0.15) is 0 Å². The lowest BCUT2D eigenvalue weighted by Crippen LogP contribution is -2.37. The van der Waals surface area contributed by atoms with Crippen LogP contribution in [0, 0.1) is 0 Å². The molecule has 0 spiro atoms. The van der Waals surface area contributed by atoms with Crippen LogP contribution >= 0.6 is 23.2 Å². The largest absolute Gasteiger partial charge is 0.356 e. The summed E-state index contributed by atoms with van der Waals surface area (Å²) in [7, 11) is 3.63. The first kappa shape index (κ1) is 14.2. The van der Waals surface area contributed by atoms with E-state index in [2.05, 4.69) is 22.5 Å². The molecule has 1 heterocycles. The van der Waals surface area contributed by atoms with Gasteiger partial charge >= 0.3 is 0 Å². The molecule has 0 aromatic carbocycles. The minimum atomic E-state index is 0.556. The second kappa shape index (κ2) is 6.77. The van der Waals surface area contributed by atoms with E-state index in [4.69, 9.17) is 23.2 Å². The Balaban J connectivity index is 2.57. The minimum Gasteiger partial charge on any atom is -0.356 e. The van der Waals surface area contributed by atoms with E-state index in [1.54, 1.807) is 7.05 Å². The molecule has 1 aromatic heterocycles. The number of aromatic nitrogens is 1. The lowest BCUT2D eigenvalue weighted by atomic mass is 10.4. The molecule has 4 nitrogen and oxygen atoms in total. The SMILES string of the molecule is CCCNC(=NC)NCc1cc(Cl)c(Cl)n1C. The van der Waals surface area contributed by atoms with Crippen molar-refractivity contribution in [3.8, 4) is 0 Å². The molecule has 0 aliphatic rings. The highest BCUT2D eigenvalue weighted by molar-refractivity contribution is 6.41. The summed E-state index contributed by atoms with van der Waals surface area (Å²) >= 11 is 11.9. The zero-order valence-corrected chi connectivity index (χ0v) is 11.9. The molecule has 0 radical (unpaired) electrons. The molecular weight excluding hydrogens is 259 g/mol. The van der Waals surface area contributed by atoms with Crippen LogP contribution in [0.4, 0.5) is 0 Å². The summed E-state index contributed by atoms with van der Waals surface area (Å²) in [4.78, 5) is 4.12. The van der Waals surface area contributed by atoms with Crippen LogP contribution < -0.4 is 10.6 Å². The van der Waals surface area contributed by atoms with Crippen molar-refractivity contribution in [1.82, 2.24) is 15.2 Å². The zero-order chi connectivity index (χ0) is 12.8. The van der Waals surface area contributed by atoms with E-state index in [0.29, 0.717) is 16.7 Å². The van der Waals surface area contributed by atoms with Gasteiger partial charge in [-0.3, -0.25) is 4.99 Å². The number of rotatable bonds is 4. The summed E-state index contributed by atoms with van der Waals surface area (Å²) in [5.74, 6) is 0.778. The van der Waals surface area contributed by atoms with E-state index < -0.39 is 0 Å². The third-order valence-electron chi connectivity index (χ3n) is 2.42. The third-order valence-corrected chi connectivity index (χ3v) is 3.26. The average Bonchev–Trinajstić information content (AvgIpc) is 2.57. The Labute approximate surface area is 112 Å². The number of halogens is 2. The van der Waals surface area contributed by atoms with Gasteiger partial charge in [0.05, 0.1) is 11.6 Å². The molecule has 0 aliphatic carbocycles. The van der Waals surface area contributed by atoms with Gasteiger partial charge in [-0.05, 0) is 12.5 Å². The van der Waals surface area contributed by atoms with Crippen LogP contribution in [0.5, 0.6) is 0 Å². The normalized spacial score (nSPS) is 11.7.